The van der Waals surface area contributed by atoms with E-state index in [9.17, 15) is 0 Å². The SMILES string of the molecule is CC(C)CCn1c(CN2CCC[C@@H](N3CCOCC3)C2)nc2ccccc21. The molecule has 2 saturated heterocycles. The number of morpholine rings is 1. The first-order valence-corrected chi connectivity index (χ1v) is 10.7. The maximum absolute atomic E-state index is 5.54. The summed E-state index contributed by atoms with van der Waals surface area (Å²) >= 11 is 0. The molecule has 1 atom stereocenters. The van der Waals surface area contributed by atoms with E-state index < -0.39 is 0 Å². The van der Waals surface area contributed by atoms with Gasteiger partial charge in [0.05, 0.1) is 30.8 Å². The van der Waals surface area contributed by atoms with Crippen LogP contribution in [0.15, 0.2) is 24.3 Å². The van der Waals surface area contributed by atoms with Crippen LogP contribution >= 0.6 is 0 Å². The van der Waals surface area contributed by atoms with E-state index >= 15 is 0 Å². The summed E-state index contributed by atoms with van der Waals surface area (Å²) in [6.45, 7) is 12.9. The van der Waals surface area contributed by atoms with Crippen molar-refractivity contribution in [2.75, 3.05) is 39.4 Å². The van der Waals surface area contributed by atoms with Crippen molar-refractivity contribution in [1.82, 2.24) is 19.4 Å². The standard InChI is InChI=1S/C22H34N4O/c1-18(2)9-11-26-21-8-4-3-7-20(21)23-22(26)17-24-10-5-6-19(16-24)25-12-14-27-15-13-25/h3-4,7-8,18-19H,5-6,9-17H2,1-2H3/t19-/m1/s1. The van der Waals surface area contributed by atoms with E-state index in [1.165, 1.54) is 37.1 Å². The summed E-state index contributed by atoms with van der Waals surface area (Å²) in [6, 6.07) is 9.28. The lowest BCUT2D eigenvalue weighted by Gasteiger charge is -2.40. The van der Waals surface area contributed by atoms with Crippen molar-refractivity contribution in [2.24, 2.45) is 5.92 Å². The lowest BCUT2D eigenvalue weighted by Crippen LogP contribution is -2.51. The predicted molar refractivity (Wildman–Crippen MR) is 110 cm³/mol. The zero-order chi connectivity index (χ0) is 18.6. The summed E-state index contributed by atoms with van der Waals surface area (Å²) in [4.78, 5) is 10.3. The Bertz CT molecular complexity index is 735. The molecule has 27 heavy (non-hydrogen) atoms. The first kappa shape index (κ1) is 18.9. The van der Waals surface area contributed by atoms with Gasteiger partial charge in [0.25, 0.3) is 0 Å². The molecule has 2 fully saturated rings. The molecular formula is C22H34N4O. The molecule has 0 bridgehead atoms. The first-order chi connectivity index (χ1) is 13.2. The van der Waals surface area contributed by atoms with Crippen LogP contribution in [0, 0.1) is 5.92 Å². The molecule has 0 spiro atoms. The predicted octanol–water partition coefficient (Wildman–Crippen LogP) is 3.38. The van der Waals surface area contributed by atoms with Gasteiger partial charge >= 0.3 is 0 Å². The van der Waals surface area contributed by atoms with E-state index in [-0.39, 0.29) is 0 Å². The number of aryl methyl sites for hydroxylation is 1. The van der Waals surface area contributed by atoms with Gasteiger partial charge in [-0.1, -0.05) is 26.0 Å². The second kappa shape index (κ2) is 8.72. The van der Waals surface area contributed by atoms with Crippen LogP contribution in [0.1, 0.15) is 38.9 Å². The topological polar surface area (TPSA) is 33.5 Å². The molecule has 0 saturated carbocycles. The van der Waals surface area contributed by atoms with Crippen LogP contribution < -0.4 is 0 Å². The van der Waals surface area contributed by atoms with Gasteiger partial charge in [0.15, 0.2) is 0 Å². The molecule has 2 aromatic rings. The average Bonchev–Trinajstić information content (AvgIpc) is 3.04. The molecule has 0 N–H and O–H groups in total. The van der Waals surface area contributed by atoms with Crippen molar-refractivity contribution in [1.29, 1.82) is 0 Å². The number of piperidine rings is 1. The number of likely N-dealkylation sites (tertiary alicyclic amines) is 1. The minimum atomic E-state index is 0.677. The zero-order valence-corrected chi connectivity index (χ0v) is 16.9. The Morgan fingerprint density at radius 2 is 1.96 bits per heavy atom. The van der Waals surface area contributed by atoms with Crippen molar-refractivity contribution in [3.05, 3.63) is 30.1 Å². The number of hydrogen-bond acceptors (Lipinski definition) is 4. The van der Waals surface area contributed by atoms with Crippen LogP contribution in [0.5, 0.6) is 0 Å². The second-order valence-electron chi connectivity index (χ2n) is 8.53. The van der Waals surface area contributed by atoms with E-state index in [1.54, 1.807) is 0 Å². The lowest BCUT2D eigenvalue weighted by atomic mass is 10.0. The van der Waals surface area contributed by atoms with Crippen LogP contribution in [-0.2, 0) is 17.8 Å². The van der Waals surface area contributed by atoms with Crippen molar-refractivity contribution >= 4 is 11.0 Å². The number of benzene rings is 1. The van der Waals surface area contributed by atoms with Crippen LogP contribution in [-0.4, -0.2) is 64.8 Å². The Morgan fingerprint density at radius 1 is 1.15 bits per heavy atom. The molecule has 3 heterocycles. The Hall–Kier alpha value is -1.43. The highest BCUT2D eigenvalue weighted by molar-refractivity contribution is 5.75. The largest absolute Gasteiger partial charge is 0.379 e. The highest BCUT2D eigenvalue weighted by Crippen LogP contribution is 2.22. The van der Waals surface area contributed by atoms with Crippen molar-refractivity contribution in [2.45, 2.75) is 52.2 Å². The number of para-hydroxylation sites is 2. The number of hydrogen-bond donors (Lipinski definition) is 0. The van der Waals surface area contributed by atoms with Crippen LogP contribution in [0.2, 0.25) is 0 Å². The van der Waals surface area contributed by atoms with Crippen molar-refractivity contribution < 1.29 is 4.74 Å². The number of nitrogens with zero attached hydrogens (tertiary/aromatic N) is 4. The number of ether oxygens (including phenoxy) is 1. The fourth-order valence-corrected chi connectivity index (χ4v) is 4.50. The number of imidazole rings is 1. The molecular weight excluding hydrogens is 336 g/mol. The zero-order valence-electron chi connectivity index (χ0n) is 16.9. The minimum Gasteiger partial charge on any atom is -0.379 e. The van der Waals surface area contributed by atoms with Crippen LogP contribution in [0.3, 0.4) is 0 Å². The van der Waals surface area contributed by atoms with Crippen LogP contribution in [0.4, 0.5) is 0 Å². The Balaban J connectivity index is 1.49. The monoisotopic (exact) mass is 370 g/mol. The molecule has 148 valence electrons. The van der Waals surface area contributed by atoms with Crippen molar-refractivity contribution in [3.63, 3.8) is 0 Å². The van der Waals surface area contributed by atoms with E-state index in [0.717, 1.165) is 51.5 Å². The Morgan fingerprint density at radius 3 is 2.78 bits per heavy atom. The number of fused-ring (bicyclic) bond motifs is 1. The molecule has 0 amide bonds. The summed E-state index contributed by atoms with van der Waals surface area (Å²) in [5.74, 6) is 1.94. The van der Waals surface area contributed by atoms with Gasteiger partial charge in [0.1, 0.15) is 5.82 Å². The quantitative estimate of drug-likeness (QED) is 0.781. The maximum atomic E-state index is 5.54. The molecule has 5 nitrogen and oxygen atoms in total. The van der Waals surface area contributed by atoms with Gasteiger partial charge in [-0.2, -0.15) is 0 Å². The van der Waals surface area contributed by atoms with E-state index in [4.69, 9.17) is 9.72 Å². The third-order valence-corrected chi connectivity index (χ3v) is 6.07. The maximum Gasteiger partial charge on any atom is 0.124 e. The average molecular weight is 371 g/mol. The fourth-order valence-electron chi connectivity index (χ4n) is 4.50. The summed E-state index contributed by atoms with van der Waals surface area (Å²) in [5, 5.41) is 0. The van der Waals surface area contributed by atoms with Gasteiger partial charge in [-0.25, -0.2) is 4.98 Å². The first-order valence-electron chi connectivity index (χ1n) is 10.7. The number of rotatable bonds is 6. The molecule has 1 aromatic heterocycles. The molecule has 5 heteroatoms. The van der Waals surface area contributed by atoms with Gasteiger partial charge in [0, 0.05) is 32.2 Å². The van der Waals surface area contributed by atoms with Gasteiger partial charge < -0.3 is 9.30 Å². The van der Waals surface area contributed by atoms with Gasteiger partial charge in [-0.05, 0) is 43.9 Å². The molecule has 2 aliphatic heterocycles. The van der Waals surface area contributed by atoms with E-state index in [1.807, 2.05) is 0 Å². The molecule has 2 aliphatic rings. The fraction of sp³-hybridized carbons (Fsp3) is 0.682. The van der Waals surface area contributed by atoms with E-state index in [2.05, 4.69) is 52.5 Å². The minimum absolute atomic E-state index is 0.677. The van der Waals surface area contributed by atoms with Crippen molar-refractivity contribution in [3.8, 4) is 0 Å². The Labute approximate surface area is 163 Å². The van der Waals surface area contributed by atoms with E-state index in [0.29, 0.717) is 12.0 Å². The summed E-state index contributed by atoms with van der Waals surface area (Å²) in [5.41, 5.74) is 2.42. The summed E-state index contributed by atoms with van der Waals surface area (Å²) < 4.78 is 8.01. The molecule has 1 aromatic carbocycles. The van der Waals surface area contributed by atoms with Gasteiger partial charge in [0.2, 0.25) is 0 Å². The summed E-state index contributed by atoms with van der Waals surface area (Å²) in [7, 11) is 0. The third-order valence-electron chi connectivity index (χ3n) is 6.07. The van der Waals surface area contributed by atoms with Crippen LogP contribution in [0.25, 0.3) is 11.0 Å². The highest BCUT2D eigenvalue weighted by atomic mass is 16.5. The summed E-state index contributed by atoms with van der Waals surface area (Å²) in [6.07, 6.45) is 3.80. The molecule has 4 rings (SSSR count). The molecule has 0 radical (unpaired) electrons. The molecule has 0 aliphatic carbocycles. The third kappa shape index (κ3) is 4.53. The second-order valence-corrected chi connectivity index (χ2v) is 8.53. The van der Waals surface area contributed by atoms with Gasteiger partial charge in [-0.15, -0.1) is 0 Å². The highest BCUT2D eigenvalue weighted by Gasteiger charge is 2.27. The number of aromatic nitrogens is 2. The van der Waals surface area contributed by atoms with Gasteiger partial charge in [-0.3, -0.25) is 9.80 Å². The Kier molecular flexibility index (Phi) is 6.11. The smallest absolute Gasteiger partial charge is 0.124 e. The normalized spacial score (nSPS) is 22.7. The molecule has 0 unspecified atom stereocenters. The lowest BCUT2D eigenvalue weighted by molar-refractivity contribution is -0.00397.